The van der Waals surface area contributed by atoms with Crippen molar-refractivity contribution >= 4 is 17.7 Å². The molecule has 0 aliphatic rings. The number of hydrogen-bond donors (Lipinski definition) is 1. The molecule has 0 saturated carbocycles. The summed E-state index contributed by atoms with van der Waals surface area (Å²) in [5.74, 6) is 0.265. The van der Waals surface area contributed by atoms with Gasteiger partial charge in [-0.05, 0) is 61.7 Å². The van der Waals surface area contributed by atoms with E-state index in [4.69, 9.17) is 0 Å². The highest BCUT2D eigenvalue weighted by Crippen LogP contribution is 2.19. The Hall–Kier alpha value is -1.89. The Morgan fingerprint density at radius 2 is 2.00 bits per heavy atom. The first-order chi connectivity index (χ1) is 10.9. The molecule has 23 heavy (non-hydrogen) atoms. The molecular formula is C16H23N5OS. The fraction of sp³-hybridized carbons (Fsp3) is 0.500. The first-order valence-corrected chi connectivity index (χ1v) is 8.64. The summed E-state index contributed by atoms with van der Waals surface area (Å²) in [7, 11) is 0. The zero-order valence-corrected chi connectivity index (χ0v) is 15.0. The smallest absolute Gasteiger partial charge is 0.230 e. The van der Waals surface area contributed by atoms with Crippen LogP contribution in [0.4, 0.5) is 0 Å². The van der Waals surface area contributed by atoms with Gasteiger partial charge >= 0.3 is 0 Å². The summed E-state index contributed by atoms with van der Waals surface area (Å²) < 4.78 is 1.71. The van der Waals surface area contributed by atoms with Gasteiger partial charge in [0.1, 0.15) is 0 Å². The maximum absolute atomic E-state index is 12.1. The number of carbonyl (C=O) groups is 1. The van der Waals surface area contributed by atoms with E-state index in [1.165, 1.54) is 22.9 Å². The Morgan fingerprint density at radius 1 is 1.26 bits per heavy atom. The molecular weight excluding hydrogens is 310 g/mol. The van der Waals surface area contributed by atoms with Crippen LogP contribution in [0.5, 0.6) is 0 Å². The SMILES string of the molecule is Cc1ccc(C(C)NC(=O)CSc2nnnn2C(C)C)cc1C. The first kappa shape index (κ1) is 17.5. The van der Waals surface area contributed by atoms with Gasteiger partial charge in [-0.25, -0.2) is 4.68 Å². The van der Waals surface area contributed by atoms with Crippen molar-refractivity contribution in [3.63, 3.8) is 0 Å². The number of aryl methyl sites for hydroxylation is 2. The number of carbonyl (C=O) groups excluding carboxylic acids is 1. The van der Waals surface area contributed by atoms with E-state index in [9.17, 15) is 4.79 Å². The number of nitrogens with one attached hydrogen (secondary N) is 1. The standard InChI is InChI=1S/C16H23N5OS/c1-10(2)21-16(18-19-20-21)23-9-15(22)17-13(5)14-7-6-11(3)12(4)8-14/h6-8,10,13H,9H2,1-5H3,(H,17,22). The molecule has 1 N–H and O–H groups in total. The number of thioether (sulfide) groups is 1. The van der Waals surface area contributed by atoms with Crippen molar-refractivity contribution in [2.45, 2.75) is 51.9 Å². The van der Waals surface area contributed by atoms with E-state index >= 15 is 0 Å². The Balaban J connectivity index is 1.91. The molecule has 2 rings (SSSR count). The maximum atomic E-state index is 12.1. The molecule has 1 aromatic heterocycles. The fourth-order valence-electron chi connectivity index (χ4n) is 2.14. The summed E-state index contributed by atoms with van der Waals surface area (Å²) >= 11 is 1.35. The minimum absolute atomic E-state index is 0.0245. The van der Waals surface area contributed by atoms with E-state index in [0.717, 1.165) is 5.56 Å². The molecule has 0 aliphatic carbocycles. The summed E-state index contributed by atoms with van der Waals surface area (Å²) in [6.07, 6.45) is 0. The van der Waals surface area contributed by atoms with Crippen LogP contribution >= 0.6 is 11.8 Å². The van der Waals surface area contributed by atoms with Gasteiger partial charge in [0.2, 0.25) is 11.1 Å². The Kier molecular flexibility index (Phi) is 5.76. The van der Waals surface area contributed by atoms with Gasteiger partial charge in [-0.3, -0.25) is 4.79 Å². The second-order valence-electron chi connectivity index (χ2n) is 5.92. The fourth-order valence-corrected chi connectivity index (χ4v) is 2.95. The zero-order valence-electron chi connectivity index (χ0n) is 14.2. The third kappa shape index (κ3) is 4.54. The molecule has 0 saturated heterocycles. The second kappa shape index (κ2) is 7.59. The molecule has 1 amide bonds. The van der Waals surface area contributed by atoms with Crippen LogP contribution in [0.25, 0.3) is 0 Å². The molecule has 0 fully saturated rings. The molecule has 0 radical (unpaired) electrons. The number of aromatic nitrogens is 4. The van der Waals surface area contributed by atoms with Crippen LogP contribution in [0.15, 0.2) is 23.4 Å². The van der Waals surface area contributed by atoms with Crippen LogP contribution in [0.1, 0.15) is 49.5 Å². The van der Waals surface area contributed by atoms with E-state index in [1.54, 1.807) is 4.68 Å². The molecule has 2 aromatic rings. The molecule has 0 aliphatic heterocycles. The third-order valence-corrected chi connectivity index (χ3v) is 4.63. The Morgan fingerprint density at radius 3 is 2.65 bits per heavy atom. The quantitative estimate of drug-likeness (QED) is 0.823. The van der Waals surface area contributed by atoms with Crippen molar-refractivity contribution in [1.82, 2.24) is 25.5 Å². The molecule has 1 aromatic carbocycles. The van der Waals surface area contributed by atoms with Gasteiger partial charge in [0.25, 0.3) is 0 Å². The predicted molar refractivity (Wildman–Crippen MR) is 91.4 cm³/mol. The molecule has 7 heteroatoms. The van der Waals surface area contributed by atoms with Crippen LogP contribution in [-0.2, 0) is 4.79 Å². The summed E-state index contributed by atoms with van der Waals surface area (Å²) in [4.78, 5) is 12.1. The third-order valence-electron chi connectivity index (χ3n) is 3.69. The van der Waals surface area contributed by atoms with Crippen LogP contribution in [-0.4, -0.2) is 31.9 Å². The van der Waals surface area contributed by atoms with Crippen LogP contribution < -0.4 is 5.32 Å². The molecule has 1 unspecified atom stereocenters. The highest BCUT2D eigenvalue weighted by molar-refractivity contribution is 7.99. The van der Waals surface area contributed by atoms with Crippen molar-refractivity contribution in [1.29, 1.82) is 0 Å². The number of amides is 1. The summed E-state index contributed by atoms with van der Waals surface area (Å²) in [6.45, 7) is 10.2. The summed E-state index contributed by atoms with van der Waals surface area (Å²) in [5.41, 5.74) is 3.59. The Labute approximate surface area is 141 Å². The number of rotatable bonds is 6. The highest BCUT2D eigenvalue weighted by atomic mass is 32.2. The molecule has 1 heterocycles. The molecule has 124 valence electrons. The topological polar surface area (TPSA) is 72.7 Å². The van der Waals surface area contributed by atoms with Crippen molar-refractivity contribution in [2.75, 3.05) is 5.75 Å². The molecule has 0 spiro atoms. The lowest BCUT2D eigenvalue weighted by Crippen LogP contribution is -2.28. The van der Waals surface area contributed by atoms with Crippen molar-refractivity contribution in [3.05, 3.63) is 34.9 Å². The van der Waals surface area contributed by atoms with Crippen LogP contribution in [0.2, 0.25) is 0 Å². The van der Waals surface area contributed by atoms with Crippen molar-refractivity contribution in [2.24, 2.45) is 0 Å². The number of nitrogens with zero attached hydrogens (tertiary/aromatic N) is 4. The maximum Gasteiger partial charge on any atom is 0.230 e. The minimum atomic E-state index is -0.0287. The van der Waals surface area contributed by atoms with Crippen molar-refractivity contribution < 1.29 is 4.79 Å². The van der Waals surface area contributed by atoms with E-state index in [1.807, 2.05) is 20.8 Å². The van der Waals surface area contributed by atoms with Gasteiger partial charge in [0.15, 0.2) is 0 Å². The van der Waals surface area contributed by atoms with Gasteiger partial charge < -0.3 is 5.32 Å². The number of hydrogen-bond acceptors (Lipinski definition) is 5. The van der Waals surface area contributed by atoms with Gasteiger partial charge in [0.05, 0.1) is 17.8 Å². The normalized spacial score (nSPS) is 12.4. The van der Waals surface area contributed by atoms with Crippen LogP contribution in [0.3, 0.4) is 0 Å². The van der Waals surface area contributed by atoms with Gasteiger partial charge in [-0.2, -0.15) is 0 Å². The van der Waals surface area contributed by atoms with E-state index in [0.29, 0.717) is 10.9 Å². The van der Waals surface area contributed by atoms with Gasteiger partial charge in [-0.1, -0.05) is 30.0 Å². The lowest BCUT2D eigenvalue weighted by molar-refractivity contribution is -0.119. The molecule has 0 bridgehead atoms. The summed E-state index contributed by atoms with van der Waals surface area (Å²) in [5, 5.41) is 15.2. The average Bonchev–Trinajstić information content (AvgIpc) is 2.96. The predicted octanol–water partition coefficient (Wildman–Crippen LogP) is 2.84. The first-order valence-electron chi connectivity index (χ1n) is 7.65. The number of benzene rings is 1. The van der Waals surface area contributed by atoms with Gasteiger partial charge in [-0.15, -0.1) is 5.10 Å². The molecule has 1 atom stereocenters. The van der Waals surface area contributed by atoms with E-state index in [2.05, 4.69) is 52.9 Å². The second-order valence-corrected chi connectivity index (χ2v) is 6.86. The lowest BCUT2D eigenvalue weighted by atomic mass is 10.0. The van der Waals surface area contributed by atoms with E-state index < -0.39 is 0 Å². The average molecular weight is 333 g/mol. The highest BCUT2D eigenvalue weighted by Gasteiger charge is 2.14. The largest absolute Gasteiger partial charge is 0.349 e. The summed E-state index contributed by atoms with van der Waals surface area (Å²) in [6, 6.07) is 6.40. The lowest BCUT2D eigenvalue weighted by Gasteiger charge is -2.15. The monoisotopic (exact) mass is 333 g/mol. The van der Waals surface area contributed by atoms with E-state index in [-0.39, 0.29) is 18.0 Å². The minimum Gasteiger partial charge on any atom is -0.349 e. The molecule has 6 nitrogen and oxygen atoms in total. The Bertz CT molecular complexity index is 683. The van der Waals surface area contributed by atoms with Gasteiger partial charge in [0, 0.05) is 0 Å². The number of tetrazole rings is 1. The zero-order chi connectivity index (χ0) is 17.0. The van der Waals surface area contributed by atoms with Crippen molar-refractivity contribution in [3.8, 4) is 0 Å². The van der Waals surface area contributed by atoms with Crippen LogP contribution in [0, 0.1) is 13.8 Å².